The summed E-state index contributed by atoms with van der Waals surface area (Å²) in [6.07, 6.45) is 1.77. The van der Waals surface area contributed by atoms with Gasteiger partial charge in [-0.25, -0.2) is 8.42 Å². The lowest BCUT2D eigenvalue weighted by molar-refractivity contribution is -0.114. The van der Waals surface area contributed by atoms with Crippen LogP contribution >= 0.6 is 11.6 Å². The molecule has 0 spiro atoms. The molecule has 2 amide bonds. The summed E-state index contributed by atoms with van der Waals surface area (Å²) < 4.78 is 33.2. The molecular formula is C26H28ClN3O5S. The first-order chi connectivity index (χ1) is 17.3. The second-order valence-corrected chi connectivity index (χ2v) is 10.2. The third-order valence-corrected chi connectivity index (χ3v) is 7.35. The van der Waals surface area contributed by atoms with Gasteiger partial charge in [0.05, 0.1) is 28.9 Å². The molecule has 3 rings (SSSR count). The number of anilines is 2. The molecular weight excluding hydrogens is 502 g/mol. The first-order valence-electron chi connectivity index (χ1n) is 11.4. The van der Waals surface area contributed by atoms with Crippen LogP contribution in [0.2, 0.25) is 5.02 Å². The van der Waals surface area contributed by atoms with Crippen molar-refractivity contribution in [2.45, 2.75) is 24.7 Å². The number of benzene rings is 3. The van der Waals surface area contributed by atoms with Gasteiger partial charge < -0.3 is 15.4 Å². The third-order valence-electron chi connectivity index (χ3n) is 5.31. The molecule has 0 heterocycles. The topological polar surface area (TPSA) is 105 Å². The molecule has 36 heavy (non-hydrogen) atoms. The molecule has 3 aromatic carbocycles. The molecule has 8 nitrogen and oxygen atoms in total. The summed E-state index contributed by atoms with van der Waals surface area (Å²) in [6, 6.07) is 18.6. The smallest absolute Gasteiger partial charge is 0.264 e. The number of carbonyl (C=O) groups excluding carboxylic acids is 2. The summed E-state index contributed by atoms with van der Waals surface area (Å²) in [5.41, 5.74) is 0.836. The van der Waals surface area contributed by atoms with Gasteiger partial charge in [-0.2, -0.15) is 0 Å². The van der Waals surface area contributed by atoms with Gasteiger partial charge in [0.1, 0.15) is 12.3 Å². The summed E-state index contributed by atoms with van der Waals surface area (Å²) in [7, 11) is -2.64. The molecule has 0 fully saturated rings. The Bertz CT molecular complexity index is 1300. The van der Waals surface area contributed by atoms with Gasteiger partial charge in [0.2, 0.25) is 5.91 Å². The van der Waals surface area contributed by atoms with E-state index in [9.17, 15) is 18.0 Å². The van der Waals surface area contributed by atoms with Gasteiger partial charge in [0.15, 0.2) is 0 Å². The van der Waals surface area contributed by atoms with Gasteiger partial charge in [-0.05, 0) is 67.1 Å². The van der Waals surface area contributed by atoms with E-state index < -0.39 is 22.5 Å². The van der Waals surface area contributed by atoms with E-state index in [-0.39, 0.29) is 27.7 Å². The van der Waals surface area contributed by atoms with Crippen molar-refractivity contribution >= 4 is 44.8 Å². The van der Waals surface area contributed by atoms with E-state index >= 15 is 0 Å². The molecule has 0 aliphatic heterocycles. The predicted octanol–water partition coefficient (Wildman–Crippen LogP) is 4.71. The molecule has 0 aliphatic rings. The number of carbonyl (C=O) groups is 2. The Labute approximate surface area is 216 Å². The van der Waals surface area contributed by atoms with Crippen molar-refractivity contribution in [2.24, 2.45) is 0 Å². The molecule has 0 radical (unpaired) electrons. The highest BCUT2D eigenvalue weighted by Gasteiger charge is 2.28. The van der Waals surface area contributed by atoms with E-state index in [1.165, 1.54) is 43.5 Å². The van der Waals surface area contributed by atoms with Gasteiger partial charge >= 0.3 is 0 Å². The van der Waals surface area contributed by atoms with E-state index in [2.05, 4.69) is 10.6 Å². The Morgan fingerprint density at radius 3 is 2.28 bits per heavy atom. The van der Waals surface area contributed by atoms with Crippen LogP contribution in [0.1, 0.15) is 30.1 Å². The van der Waals surface area contributed by atoms with E-state index in [1.54, 1.807) is 36.4 Å². The monoisotopic (exact) mass is 529 g/mol. The molecule has 0 unspecified atom stereocenters. The molecule has 0 aliphatic carbocycles. The Balaban J connectivity index is 1.88. The summed E-state index contributed by atoms with van der Waals surface area (Å²) in [4.78, 5) is 25.7. The van der Waals surface area contributed by atoms with E-state index in [0.717, 1.165) is 17.1 Å². The Morgan fingerprint density at radius 2 is 1.64 bits per heavy atom. The van der Waals surface area contributed by atoms with Gasteiger partial charge in [-0.1, -0.05) is 37.1 Å². The van der Waals surface area contributed by atoms with Crippen molar-refractivity contribution in [3.63, 3.8) is 0 Å². The van der Waals surface area contributed by atoms with Gasteiger partial charge in [0, 0.05) is 11.6 Å². The molecule has 0 saturated carbocycles. The van der Waals surface area contributed by atoms with Crippen molar-refractivity contribution in [1.82, 2.24) is 5.32 Å². The van der Waals surface area contributed by atoms with Crippen molar-refractivity contribution in [2.75, 3.05) is 29.8 Å². The summed E-state index contributed by atoms with van der Waals surface area (Å²) in [5.74, 6) is -0.436. The van der Waals surface area contributed by atoms with Crippen molar-refractivity contribution in [1.29, 1.82) is 0 Å². The normalized spacial score (nSPS) is 11.0. The zero-order valence-corrected chi connectivity index (χ0v) is 21.6. The number of hydrogen-bond donors (Lipinski definition) is 2. The maximum atomic E-state index is 13.5. The average molecular weight is 530 g/mol. The highest BCUT2D eigenvalue weighted by molar-refractivity contribution is 7.92. The summed E-state index contributed by atoms with van der Waals surface area (Å²) in [5, 5.41) is 5.93. The number of nitrogens with zero attached hydrogens (tertiary/aromatic N) is 1. The lowest BCUT2D eigenvalue weighted by Crippen LogP contribution is -2.38. The molecule has 190 valence electrons. The first-order valence-corrected chi connectivity index (χ1v) is 13.2. The van der Waals surface area contributed by atoms with Crippen molar-refractivity contribution < 1.29 is 22.7 Å². The lowest BCUT2D eigenvalue weighted by Gasteiger charge is -2.24. The fourth-order valence-electron chi connectivity index (χ4n) is 3.38. The minimum Gasteiger partial charge on any atom is -0.497 e. The lowest BCUT2D eigenvalue weighted by atomic mass is 10.1. The van der Waals surface area contributed by atoms with Crippen molar-refractivity contribution in [3.8, 4) is 5.75 Å². The maximum Gasteiger partial charge on any atom is 0.264 e. The zero-order chi connectivity index (χ0) is 26.1. The number of unbranched alkanes of at least 4 members (excludes halogenated alkanes) is 1. The van der Waals surface area contributed by atoms with Gasteiger partial charge in [-0.15, -0.1) is 0 Å². The van der Waals surface area contributed by atoms with Crippen LogP contribution in [-0.2, 0) is 14.8 Å². The molecule has 0 aromatic heterocycles. The van der Waals surface area contributed by atoms with Crippen LogP contribution in [0.4, 0.5) is 11.4 Å². The van der Waals surface area contributed by atoms with E-state index in [1.807, 2.05) is 6.92 Å². The second-order valence-electron chi connectivity index (χ2n) is 7.87. The molecule has 0 bridgehead atoms. The third kappa shape index (κ3) is 6.77. The van der Waals surface area contributed by atoms with Crippen LogP contribution in [0.25, 0.3) is 0 Å². The standard InChI is InChI=1S/C26H28ClN3O5S/c1-3-4-17-28-26(32)23-7-5-6-8-24(23)29-25(31)18-30(20-11-9-19(27)10-12-20)36(33,34)22-15-13-21(35-2)14-16-22/h5-16H,3-4,17-18H2,1-2H3,(H,28,32)(H,29,31). The largest absolute Gasteiger partial charge is 0.497 e. The van der Waals surface area contributed by atoms with Crippen LogP contribution < -0.4 is 19.7 Å². The minimum atomic E-state index is -4.13. The number of para-hydroxylation sites is 1. The highest BCUT2D eigenvalue weighted by Crippen LogP contribution is 2.27. The molecule has 0 saturated heterocycles. The second kappa shape index (κ2) is 12.4. The maximum absolute atomic E-state index is 13.5. The number of methoxy groups -OCH3 is 1. The number of rotatable bonds is 11. The molecule has 0 atom stereocenters. The Hall–Kier alpha value is -3.56. The SMILES string of the molecule is CCCCNC(=O)c1ccccc1NC(=O)CN(c1ccc(Cl)cc1)S(=O)(=O)c1ccc(OC)cc1. The fourth-order valence-corrected chi connectivity index (χ4v) is 4.93. The zero-order valence-electron chi connectivity index (χ0n) is 20.0. The van der Waals surface area contributed by atoms with Crippen LogP contribution in [-0.4, -0.2) is 40.4 Å². The number of halogens is 1. The first kappa shape index (κ1) is 27.0. The molecule has 2 N–H and O–H groups in total. The molecule has 3 aromatic rings. The Morgan fingerprint density at radius 1 is 0.972 bits per heavy atom. The van der Waals surface area contributed by atoms with Crippen LogP contribution in [0, 0.1) is 0 Å². The van der Waals surface area contributed by atoms with E-state index in [0.29, 0.717) is 17.3 Å². The molecule has 10 heteroatoms. The van der Waals surface area contributed by atoms with Crippen LogP contribution in [0.3, 0.4) is 0 Å². The van der Waals surface area contributed by atoms with Crippen LogP contribution in [0.15, 0.2) is 77.7 Å². The number of nitrogens with one attached hydrogen (secondary N) is 2. The Kier molecular flexibility index (Phi) is 9.32. The summed E-state index contributed by atoms with van der Waals surface area (Å²) in [6.45, 7) is 2.01. The van der Waals surface area contributed by atoms with Gasteiger partial charge in [-0.3, -0.25) is 13.9 Å². The average Bonchev–Trinajstić information content (AvgIpc) is 2.88. The highest BCUT2D eigenvalue weighted by atomic mass is 35.5. The quantitative estimate of drug-likeness (QED) is 0.350. The minimum absolute atomic E-state index is 0.0123. The van der Waals surface area contributed by atoms with E-state index in [4.69, 9.17) is 16.3 Å². The summed E-state index contributed by atoms with van der Waals surface area (Å²) >= 11 is 5.99. The predicted molar refractivity (Wildman–Crippen MR) is 141 cm³/mol. The number of sulfonamides is 1. The number of hydrogen-bond acceptors (Lipinski definition) is 5. The number of amides is 2. The van der Waals surface area contributed by atoms with Gasteiger partial charge in [0.25, 0.3) is 15.9 Å². The van der Waals surface area contributed by atoms with Crippen LogP contribution in [0.5, 0.6) is 5.75 Å². The van der Waals surface area contributed by atoms with Crippen molar-refractivity contribution in [3.05, 3.63) is 83.4 Å². The fraction of sp³-hybridized carbons (Fsp3) is 0.231. The number of ether oxygens (including phenoxy) is 1.